The Kier molecular flexibility index (Phi) is 8.98. The smallest absolute Gasteiger partial charge is 0.402 e. The van der Waals surface area contributed by atoms with E-state index < -0.39 is 95.8 Å². The minimum atomic E-state index is -3.44. The number of aliphatic hydroxyl groups excluding tert-OH is 7. The first-order chi connectivity index (χ1) is 20.1. The van der Waals surface area contributed by atoms with E-state index in [0.29, 0.717) is 0 Å². The Bertz CT molecular complexity index is 1490. The maximum Gasteiger partial charge on any atom is 0.402 e. The lowest BCUT2D eigenvalue weighted by Gasteiger charge is -2.47. The molecule has 4 rings (SSSR count). The summed E-state index contributed by atoms with van der Waals surface area (Å²) in [4.78, 5) is 13.4. The van der Waals surface area contributed by atoms with E-state index in [-0.39, 0.29) is 22.3 Å². The molecule has 12 N–H and O–H groups in total. The monoisotopic (exact) mass is 611 g/mol. The van der Waals surface area contributed by atoms with E-state index in [2.05, 4.69) is 0 Å². The number of carbonyl (C=O) groups is 1. The standard InChI is InChI=1S/C27H30O16/c1-9(29)19(34)21(36)22(37)25(39)27(40)24(38)20(35)18(8-28)43-26(27)42-17-7-12-14(32)5-11(30)6-16(12)41-23(17)10-2-3-13(31)15(33)4-10/h2-7,9,18-22,24,26,28-29,34-38,40H,8H2,1H3,(H3-,30,31,32,33)/p+1/t9-,18-,19-,20-,21+,22-,24+,26?,27+/m1/s1. The van der Waals surface area contributed by atoms with Crippen molar-refractivity contribution in [3.8, 4) is 40.1 Å². The molecular weight excluding hydrogens is 580 g/mol. The molecule has 0 aliphatic carbocycles. The number of Topliss-reactive ketones (excluding diaryl/α,β-unsaturated/α-hetero) is 1. The van der Waals surface area contributed by atoms with E-state index in [4.69, 9.17) is 13.9 Å². The minimum Gasteiger partial charge on any atom is -0.507 e. The number of phenolic OH excluding ortho intramolecular Hbond substituents is 4. The first kappa shape index (κ1) is 32.1. The summed E-state index contributed by atoms with van der Waals surface area (Å²) in [5.74, 6) is -4.74. The molecule has 0 amide bonds. The van der Waals surface area contributed by atoms with Crippen molar-refractivity contribution in [2.75, 3.05) is 6.61 Å². The van der Waals surface area contributed by atoms with Crippen LogP contribution in [-0.2, 0) is 9.53 Å². The fraction of sp³-hybridized carbons (Fsp3) is 0.407. The average Bonchev–Trinajstić information content (AvgIpc) is 2.97. The quantitative estimate of drug-likeness (QED) is 0.0901. The summed E-state index contributed by atoms with van der Waals surface area (Å²) in [6, 6.07) is 6.44. The van der Waals surface area contributed by atoms with Gasteiger partial charge in [0.25, 0.3) is 0 Å². The summed E-state index contributed by atoms with van der Waals surface area (Å²) < 4.78 is 16.9. The highest BCUT2D eigenvalue weighted by Crippen LogP contribution is 2.43. The highest BCUT2D eigenvalue weighted by molar-refractivity contribution is 5.93. The second-order valence-electron chi connectivity index (χ2n) is 10.1. The highest BCUT2D eigenvalue weighted by atomic mass is 16.7. The Labute approximate surface area is 241 Å². The van der Waals surface area contributed by atoms with Crippen molar-refractivity contribution in [1.82, 2.24) is 0 Å². The third kappa shape index (κ3) is 5.75. The van der Waals surface area contributed by atoms with E-state index in [0.717, 1.165) is 37.3 Å². The lowest BCUT2D eigenvalue weighted by molar-refractivity contribution is -0.311. The first-order valence-electron chi connectivity index (χ1n) is 12.7. The van der Waals surface area contributed by atoms with Gasteiger partial charge in [-0.1, -0.05) is 0 Å². The molecule has 1 aliphatic rings. The maximum absolute atomic E-state index is 13.4. The Morgan fingerprint density at radius 2 is 1.65 bits per heavy atom. The van der Waals surface area contributed by atoms with Gasteiger partial charge in [-0.2, -0.15) is 0 Å². The van der Waals surface area contributed by atoms with Gasteiger partial charge in [0.1, 0.15) is 53.5 Å². The van der Waals surface area contributed by atoms with Crippen LogP contribution in [0.1, 0.15) is 6.92 Å². The van der Waals surface area contributed by atoms with E-state index in [1.54, 1.807) is 0 Å². The van der Waals surface area contributed by atoms with E-state index in [1.165, 1.54) is 6.07 Å². The second kappa shape index (κ2) is 12.0. The van der Waals surface area contributed by atoms with Crippen LogP contribution in [-0.4, -0.2) is 128 Å². The zero-order valence-electron chi connectivity index (χ0n) is 22.3. The summed E-state index contributed by atoms with van der Waals surface area (Å²) >= 11 is 0. The van der Waals surface area contributed by atoms with E-state index >= 15 is 0 Å². The molecule has 2 aromatic carbocycles. The molecule has 0 saturated carbocycles. The van der Waals surface area contributed by atoms with Crippen LogP contribution in [0.4, 0.5) is 0 Å². The van der Waals surface area contributed by atoms with Crippen molar-refractivity contribution in [2.45, 2.75) is 61.5 Å². The average molecular weight is 612 g/mol. The van der Waals surface area contributed by atoms with Gasteiger partial charge in [0.05, 0.1) is 24.3 Å². The Morgan fingerprint density at radius 3 is 2.26 bits per heavy atom. The third-order valence-electron chi connectivity index (χ3n) is 7.11. The van der Waals surface area contributed by atoms with Gasteiger partial charge in [0.15, 0.2) is 11.5 Å². The minimum absolute atomic E-state index is 0.0180. The summed E-state index contributed by atoms with van der Waals surface area (Å²) in [6.07, 6.45) is -17.7. The predicted octanol–water partition coefficient (Wildman–Crippen LogP) is -2.22. The van der Waals surface area contributed by atoms with Gasteiger partial charge in [-0.05, 0) is 19.1 Å². The number of hydrogen-bond donors (Lipinski definition) is 12. The van der Waals surface area contributed by atoms with Crippen molar-refractivity contribution in [2.24, 2.45) is 0 Å². The lowest BCUT2D eigenvalue weighted by atomic mass is 9.79. The molecule has 1 unspecified atom stereocenters. The summed E-state index contributed by atoms with van der Waals surface area (Å²) in [5, 5.41) is 123. The van der Waals surface area contributed by atoms with Crippen LogP contribution in [0.5, 0.6) is 28.7 Å². The van der Waals surface area contributed by atoms with Crippen molar-refractivity contribution in [1.29, 1.82) is 0 Å². The van der Waals surface area contributed by atoms with Crippen molar-refractivity contribution >= 4 is 16.8 Å². The van der Waals surface area contributed by atoms with Gasteiger partial charge in [0.2, 0.25) is 23.4 Å². The van der Waals surface area contributed by atoms with Crippen LogP contribution in [0.15, 0.2) is 40.8 Å². The van der Waals surface area contributed by atoms with Gasteiger partial charge < -0.3 is 70.8 Å². The number of carbonyl (C=O) groups excluding carboxylic acids is 1. The molecule has 0 radical (unpaired) electrons. The summed E-state index contributed by atoms with van der Waals surface area (Å²) in [7, 11) is 0. The number of aliphatic hydroxyl groups is 8. The number of hydrogen-bond acceptors (Lipinski definition) is 15. The molecule has 1 aromatic heterocycles. The normalized spacial score (nSPS) is 26.9. The zero-order chi connectivity index (χ0) is 32.0. The zero-order valence-corrected chi connectivity index (χ0v) is 22.3. The second-order valence-corrected chi connectivity index (χ2v) is 10.1. The molecule has 1 fully saturated rings. The number of ketones is 1. The van der Waals surface area contributed by atoms with Crippen LogP contribution in [0.25, 0.3) is 22.3 Å². The van der Waals surface area contributed by atoms with Gasteiger partial charge in [-0.3, -0.25) is 4.79 Å². The maximum atomic E-state index is 13.4. The van der Waals surface area contributed by atoms with Gasteiger partial charge in [-0.15, -0.1) is 0 Å². The van der Waals surface area contributed by atoms with E-state index in [9.17, 15) is 66.1 Å². The van der Waals surface area contributed by atoms with Crippen molar-refractivity contribution < 1.29 is 80.0 Å². The highest BCUT2D eigenvalue weighted by Gasteiger charge is 2.63. The van der Waals surface area contributed by atoms with Crippen molar-refractivity contribution in [3.05, 3.63) is 36.4 Å². The third-order valence-corrected chi connectivity index (χ3v) is 7.11. The SMILES string of the molecule is C[C@@H](O)[C@@H](O)[C@H](O)[C@@H](O)C(=O)[C@]1(O)C(Oc2cc3c(O)cc(O)cc3[o+]c2-c2ccc(O)c(O)c2)O[C@H](CO)[C@@H](O)[C@@H]1O. The molecule has 9 atom stereocenters. The molecule has 3 aromatic rings. The van der Waals surface area contributed by atoms with E-state index in [1.807, 2.05) is 0 Å². The Morgan fingerprint density at radius 1 is 0.977 bits per heavy atom. The van der Waals surface area contributed by atoms with Gasteiger partial charge in [-0.25, -0.2) is 4.42 Å². The van der Waals surface area contributed by atoms with Gasteiger partial charge >= 0.3 is 11.3 Å². The molecular formula is C27H31O16+. The number of ether oxygens (including phenoxy) is 2. The predicted molar refractivity (Wildman–Crippen MR) is 141 cm³/mol. The lowest BCUT2D eigenvalue weighted by Crippen LogP contribution is -2.73. The number of benzene rings is 2. The van der Waals surface area contributed by atoms with Gasteiger partial charge in [0, 0.05) is 18.2 Å². The molecule has 2 heterocycles. The molecule has 234 valence electrons. The fourth-order valence-electron chi connectivity index (χ4n) is 4.59. The number of fused-ring (bicyclic) bond motifs is 1. The number of aromatic hydroxyl groups is 4. The topological polar surface area (TPSA) is 290 Å². The van der Waals surface area contributed by atoms with Crippen LogP contribution in [0.3, 0.4) is 0 Å². The molecule has 0 spiro atoms. The number of phenols is 4. The summed E-state index contributed by atoms with van der Waals surface area (Å²) in [5.41, 5.74) is -3.60. The van der Waals surface area contributed by atoms with Crippen LogP contribution < -0.4 is 4.74 Å². The first-order valence-corrected chi connectivity index (χ1v) is 12.7. The van der Waals surface area contributed by atoms with Crippen molar-refractivity contribution in [3.63, 3.8) is 0 Å². The van der Waals surface area contributed by atoms with Crippen LogP contribution in [0.2, 0.25) is 0 Å². The fourth-order valence-corrected chi connectivity index (χ4v) is 4.59. The Hall–Kier alpha value is -3.84. The molecule has 16 heteroatoms. The molecule has 16 nitrogen and oxygen atoms in total. The largest absolute Gasteiger partial charge is 0.507 e. The Balaban J connectivity index is 1.88. The van der Waals surface area contributed by atoms with Crippen LogP contribution >= 0.6 is 0 Å². The molecule has 43 heavy (non-hydrogen) atoms. The molecule has 1 saturated heterocycles. The van der Waals surface area contributed by atoms with Crippen LogP contribution in [0, 0.1) is 0 Å². The molecule has 0 bridgehead atoms. The number of rotatable bonds is 9. The molecule has 1 aliphatic heterocycles. The summed E-state index contributed by atoms with van der Waals surface area (Å²) in [6.45, 7) is 0.0516.